The molecule has 3 aromatic rings. The van der Waals surface area contributed by atoms with Crippen LogP contribution in [0.15, 0.2) is 30.5 Å². The SMILES string of the molecule is Cc1ccnc2c1nc(N)n2-c1cc(F)cc(Cl)c1. The molecule has 2 N–H and O–H groups in total. The van der Waals surface area contributed by atoms with Gasteiger partial charge in [-0.05, 0) is 36.8 Å². The number of rotatable bonds is 1. The van der Waals surface area contributed by atoms with Gasteiger partial charge in [-0.25, -0.2) is 14.4 Å². The van der Waals surface area contributed by atoms with E-state index in [-0.39, 0.29) is 5.95 Å². The van der Waals surface area contributed by atoms with Gasteiger partial charge in [-0.2, -0.15) is 0 Å². The summed E-state index contributed by atoms with van der Waals surface area (Å²) < 4.78 is 15.0. The monoisotopic (exact) mass is 276 g/mol. The van der Waals surface area contributed by atoms with Gasteiger partial charge in [0.25, 0.3) is 0 Å². The molecule has 0 saturated carbocycles. The first-order valence-electron chi connectivity index (χ1n) is 5.62. The Kier molecular flexibility index (Phi) is 2.64. The Morgan fingerprint density at radius 1 is 1.32 bits per heavy atom. The Hall–Kier alpha value is -2.14. The molecule has 0 atom stereocenters. The highest BCUT2D eigenvalue weighted by molar-refractivity contribution is 6.30. The van der Waals surface area contributed by atoms with E-state index in [9.17, 15) is 4.39 Å². The fourth-order valence-electron chi connectivity index (χ4n) is 2.03. The van der Waals surface area contributed by atoms with Crippen LogP contribution in [0.25, 0.3) is 16.9 Å². The number of halogens is 2. The summed E-state index contributed by atoms with van der Waals surface area (Å²) in [7, 11) is 0. The number of hydrogen-bond donors (Lipinski definition) is 1. The van der Waals surface area contributed by atoms with Crippen molar-refractivity contribution < 1.29 is 4.39 Å². The highest BCUT2D eigenvalue weighted by Gasteiger charge is 2.13. The average molecular weight is 277 g/mol. The van der Waals surface area contributed by atoms with Crippen LogP contribution in [-0.4, -0.2) is 14.5 Å². The second kappa shape index (κ2) is 4.20. The molecular weight excluding hydrogens is 267 g/mol. The summed E-state index contributed by atoms with van der Waals surface area (Å²) >= 11 is 5.87. The molecule has 6 heteroatoms. The van der Waals surface area contributed by atoms with Crippen molar-refractivity contribution in [3.05, 3.63) is 46.9 Å². The molecule has 3 rings (SSSR count). The number of hydrogen-bond acceptors (Lipinski definition) is 3. The van der Waals surface area contributed by atoms with Crippen molar-refractivity contribution in [3.8, 4) is 5.69 Å². The lowest BCUT2D eigenvalue weighted by Gasteiger charge is -2.06. The molecule has 0 bridgehead atoms. The molecular formula is C13H10ClFN4. The van der Waals surface area contributed by atoms with E-state index in [1.165, 1.54) is 12.1 Å². The van der Waals surface area contributed by atoms with Crippen LogP contribution < -0.4 is 5.73 Å². The zero-order valence-electron chi connectivity index (χ0n) is 10.1. The highest BCUT2D eigenvalue weighted by Crippen LogP contribution is 2.25. The van der Waals surface area contributed by atoms with Crippen LogP contribution in [0.2, 0.25) is 5.02 Å². The third kappa shape index (κ3) is 1.92. The molecule has 4 nitrogen and oxygen atoms in total. The maximum absolute atomic E-state index is 13.5. The van der Waals surface area contributed by atoms with E-state index in [0.717, 1.165) is 5.56 Å². The molecule has 0 unspecified atom stereocenters. The summed E-state index contributed by atoms with van der Waals surface area (Å²) in [5.74, 6) is -0.185. The number of nitrogens with two attached hydrogens (primary N) is 1. The lowest BCUT2D eigenvalue weighted by atomic mass is 10.2. The smallest absolute Gasteiger partial charge is 0.207 e. The van der Waals surface area contributed by atoms with Gasteiger partial charge >= 0.3 is 0 Å². The Labute approximate surface area is 113 Å². The van der Waals surface area contributed by atoms with E-state index in [4.69, 9.17) is 17.3 Å². The van der Waals surface area contributed by atoms with E-state index >= 15 is 0 Å². The molecule has 0 saturated heterocycles. The number of nitrogen functional groups attached to an aromatic ring is 1. The Balaban J connectivity index is 2.36. The molecule has 0 spiro atoms. The van der Waals surface area contributed by atoms with Crippen molar-refractivity contribution in [2.45, 2.75) is 6.92 Å². The van der Waals surface area contributed by atoms with Gasteiger partial charge in [0.05, 0.1) is 5.69 Å². The standard InChI is InChI=1S/C13H10ClFN4/c1-7-2-3-17-12-11(7)18-13(16)19(12)10-5-8(14)4-9(15)6-10/h2-6H,1H3,(H2,16,18). The molecule has 0 fully saturated rings. The fourth-order valence-corrected chi connectivity index (χ4v) is 2.25. The summed E-state index contributed by atoms with van der Waals surface area (Å²) in [5.41, 5.74) is 8.64. The van der Waals surface area contributed by atoms with Gasteiger partial charge < -0.3 is 5.73 Å². The number of aryl methyl sites for hydroxylation is 1. The molecule has 0 aliphatic rings. The maximum atomic E-state index is 13.5. The molecule has 1 aromatic carbocycles. The Morgan fingerprint density at radius 2 is 2.11 bits per heavy atom. The van der Waals surface area contributed by atoms with Gasteiger partial charge in [-0.15, -0.1) is 0 Å². The first-order valence-corrected chi connectivity index (χ1v) is 6.00. The zero-order valence-corrected chi connectivity index (χ0v) is 10.8. The molecule has 0 amide bonds. The van der Waals surface area contributed by atoms with Crippen molar-refractivity contribution in [3.63, 3.8) is 0 Å². The van der Waals surface area contributed by atoms with Crippen molar-refractivity contribution in [2.75, 3.05) is 5.73 Å². The van der Waals surface area contributed by atoms with E-state index < -0.39 is 5.82 Å². The zero-order chi connectivity index (χ0) is 13.6. The van der Waals surface area contributed by atoms with Gasteiger partial charge in [0.15, 0.2) is 5.65 Å². The number of anilines is 1. The normalized spacial score (nSPS) is 11.1. The Bertz CT molecular complexity index is 761. The van der Waals surface area contributed by atoms with Crippen molar-refractivity contribution >= 4 is 28.7 Å². The predicted octanol–water partition coefficient (Wildman–Crippen LogP) is 3.10. The predicted molar refractivity (Wildman–Crippen MR) is 73.0 cm³/mol. The quantitative estimate of drug-likeness (QED) is 0.743. The van der Waals surface area contributed by atoms with Crippen LogP contribution >= 0.6 is 11.6 Å². The lowest BCUT2D eigenvalue weighted by molar-refractivity contribution is 0.627. The summed E-state index contributed by atoms with van der Waals surface area (Å²) in [6.07, 6.45) is 1.66. The van der Waals surface area contributed by atoms with Gasteiger partial charge in [0.2, 0.25) is 5.95 Å². The van der Waals surface area contributed by atoms with Gasteiger partial charge in [-0.3, -0.25) is 4.57 Å². The topological polar surface area (TPSA) is 56.7 Å². The summed E-state index contributed by atoms with van der Waals surface area (Å²) in [5, 5.41) is 0.295. The molecule has 0 radical (unpaired) electrons. The first kappa shape index (κ1) is 11.9. The minimum Gasteiger partial charge on any atom is -0.369 e. The summed E-state index contributed by atoms with van der Waals surface area (Å²) in [6, 6.07) is 6.04. The maximum Gasteiger partial charge on any atom is 0.207 e. The first-order chi connectivity index (χ1) is 9.06. The van der Waals surface area contributed by atoms with Crippen LogP contribution in [0.3, 0.4) is 0 Å². The van der Waals surface area contributed by atoms with Crippen molar-refractivity contribution in [1.29, 1.82) is 0 Å². The number of imidazole rings is 1. The van der Waals surface area contributed by atoms with E-state index in [1.54, 1.807) is 16.8 Å². The minimum absolute atomic E-state index is 0.249. The summed E-state index contributed by atoms with van der Waals surface area (Å²) in [4.78, 5) is 8.51. The minimum atomic E-state index is -0.434. The second-order valence-electron chi connectivity index (χ2n) is 4.23. The summed E-state index contributed by atoms with van der Waals surface area (Å²) in [6.45, 7) is 1.92. The second-order valence-corrected chi connectivity index (χ2v) is 4.67. The number of pyridine rings is 1. The lowest BCUT2D eigenvalue weighted by Crippen LogP contribution is -2.01. The molecule has 2 heterocycles. The van der Waals surface area contributed by atoms with Crippen LogP contribution in [-0.2, 0) is 0 Å². The molecule has 0 aliphatic heterocycles. The number of nitrogens with zero attached hydrogens (tertiary/aromatic N) is 3. The third-order valence-corrected chi connectivity index (χ3v) is 3.10. The van der Waals surface area contributed by atoms with Crippen molar-refractivity contribution in [2.24, 2.45) is 0 Å². The largest absolute Gasteiger partial charge is 0.369 e. The Morgan fingerprint density at radius 3 is 2.84 bits per heavy atom. The van der Waals surface area contributed by atoms with Crippen LogP contribution in [0.1, 0.15) is 5.56 Å². The van der Waals surface area contributed by atoms with Gasteiger partial charge in [0.1, 0.15) is 11.3 Å². The number of aromatic nitrogens is 3. The van der Waals surface area contributed by atoms with Gasteiger partial charge in [-0.1, -0.05) is 11.6 Å². The highest BCUT2D eigenvalue weighted by atomic mass is 35.5. The molecule has 96 valence electrons. The molecule has 2 aromatic heterocycles. The van der Waals surface area contributed by atoms with Crippen LogP contribution in [0, 0.1) is 12.7 Å². The van der Waals surface area contributed by atoms with Gasteiger partial charge in [0, 0.05) is 11.2 Å². The van der Waals surface area contributed by atoms with E-state index in [0.29, 0.717) is 21.9 Å². The molecule has 19 heavy (non-hydrogen) atoms. The fraction of sp³-hybridized carbons (Fsp3) is 0.0769. The van der Waals surface area contributed by atoms with Crippen LogP contribution in [0.5, 0.6) is 0 Å². The third-order valence-electron chi connectivity index (χ3n) is 2.88. The number of benzene rings is 1. The number of fused-ring (bicyclic) bond motifs is 1. The van der Waals surface area contributed by atoms with Crippen molar-refractivity contribution in [1.82, 2.24) is 14.5 Å². The average Bonchev–Trinajstić information content (AvgIpc) is 2.65. The van der Waals surface area contributed by atoms with E-state index in [2.05, 4.69) is 9.97 Å². The van der Waals surface area contributed by atoms with Crippen LogP contribution in [0.4, 0.5) is 10.3 Å². The molecule has 0 aliphatic carbocycles. The van der Waals surface area contributed by atoms with E-state index in [1.807, 2.05) is 13.0 Å².